The fourth-order valence-electron chi connectivity index (χ4n) is 3.25. The summed E-state index contributed by atoms with van der Waals surface area (Å²) in [6, 6.07) is 16.7. The second-order valence-electron chi connectivity index (χ2n) is 6.50. The fourth-order valence-corrected chi connectivity index (χ4v) is 3.97. The van der Waals surface area contributed by atoms with Gasteiger partial charge in [-0.3, -0.25) is 4.68 Å². The van der Waals surface area contributed by atoms with Gasteiger partial charge in [0, 0.05) is 11.1 Å². The lowest BCUT2D eigenvalue weighted by Crippen LogP contribution is -2.19. The van der Waals surface area contributed by atoms with Crippen LogP contribution in [-0.4, -0.2) is 24.0 Å². The molecule has 0 saturated heterocycles. The van der Waals surface area contributed by atoms with E-state index in [1.165, 1.54) is 19.3 Å². The van der Waals surface area contributed by atoms with E-state index in [0.29, 0.717) is 6.04 Å². The fraction of sp³-hybridized carbons (Fsp3) is 0.286. The molecule has 2 aromatic carbocycles. The number of hydrogen-bond acceptors (Lipinski definition) is 3. The molecule has 0 radical (unpaired) electrons. The van der Waals surface area contributed by atoms with Gasteiger partial charge in [0.15, 0.2) is 0 Å². The van der Waals surface area contributed by atoms with E-state index in [0.717, 1.165) is 38.5 Å². The monoisotopic (exact) mass is 412 g/mol. The Labute approximate surface area is 161 Å². The number of nitrogens with zero attached hydrogens (tertiary/aromatic N) is 2. The molecule has 0 bridgehead atoms. The Morgan fingerprint density at radius 3 is 1.88 bits per heavy atom. The van der Waals surface area contributed by atoms with Gasteiger partial charge in [0.05, 0.1) is 30.4 Å². The van der Waals surface area contributed by atoms with Crippen LogP contribution < -0.4 is 9.47 Å². The van der Waals surface area contributed by atoms with Crippen molar-refractivity contribution in [1.29, 1.82) is 0 Å². The Hall–Kier alpha value is -2.27. The van der Waals surface area contributed by atoms with Crippen LogP contribution in [0.15, 0.2) is 53.0 Å². The van der Waals surface area contributed by atoms with Gasteiger partial charge in [0.25, 0.3) is 0 Å². The van der Waals surface area contributed by atoms with Gasteiger partial charge in [-0.1, -0.05) is 0 Å². The average molecular weight is 413 g/mol. The Bertz CT molecular complexity index is 897. The van der Waals surface area contributed by atoms with Crippen LogP contribution in [0.25, 0.3) is 22.5 Å². The van der Waals surface area contributed by atoms with Crippen molar-refractivity contribution >= 4 is 15.9 Å². The van der Waals surface area contributed by atoms with Crippen LogP contribution in [0.3, 0.4) is 0 Å². The molecular weight excluding hydrogens is 392 g/mol. The van der Waals surface area contributed by atoms with E-state index < -0.39 is 0 Å². The van der Waals surface area contributed by atoms with Crippen LogP contribution in [0.1, 0.15) is 25.3 Å². The molecule has 3 aromatic rings. The number of benzene rings is 2. The van der Waals surface area contributed by atoms with Crippen LogP contribution in [0.5, 0.6) is 11.5 Å². The molecule has 1 aliphatic carbocycles. The van der Waals surface area contributed by atoms with Gasteiger partial charge in [0.1, 0.15) is 17.2 Å². The number of methoxy groups -OCH3 is 2. The molecule has 1 fully saturated rings. The Morgan fingerprint density at radius 2 is 1.42 bits per heavy atom. The van der Waals surface area contributed by atoms with Crippen LogP contribution in [0, 0.1) is 0 Å². The van der Waals surface area contributed by atoms with Crippen molar-refractivity contribution in [2.75, 3.05) is 14.2 Å². The molecule has 1 heterocycles. The van der Waals surface area contributed by atoms with Crippen molar-refractivity contribution in [2.45, 2.75) is 25.3 Å². The molecule has 0 aliphatic heterocycles. The minimum absolute atomic E-state index is 0.468. The summed E-state index contributed by atoms with van der Waals surface area (Å²) >= 11 is 3.82. The lowest BCUT2D eigenvalue weighted by Gasteiger charge is -2.27. The van der Waals surface area contributed by atoms with Crippen LogP contribution in [0.2, 0.25) is 0 Å². The Kier molecular flexibility index (Phi) is 4.72. The average Bonchev–Trinajstić information content (AvgIpc) is 2.97. The first-order valence-corrected chi connectivity index (χ1v) is 9.57. The number of ether oxygens (including phenoxy) is 2. The van der Waals surface area contributed by atoms with E-state index in [-0.39, 0.29) is 0 Å². The van der Waals surface area contributed by atoms with Crippen molar-refractivity contribution in [2.24, 2.45) is 0 Å². The molecule has 1 saturated carbocycles. The lowest BCUT2D eigenvalue weighted by molar-refractivity contribution is 0.292. The molecule has 5 heteroatoms. The van der Waals surface area contributed by atoms with Gasteiger partial charge in [-0.2, -0.15) is 5.10 Å². The SMILES string of the molecule is COc1ccc(-c2nn(C3CCC3)c(-c3ccc(OC)cc3)c2Br)cc1. The van der Waals surface area contributed by atoms with Crippen LogP contribution >= 0.6 is 15.9 Å². The van der Waals surface area contributed by atoms with E-state index in [1.54, 1.807) is 14.2 Å². The molecule has 1 aliphatic rings. The molecule has 1 aromatic heterocycles. The van der Waals surface area contributed by atoms with Crippen LogP contribution in [-0.2, 0) is 0 Å². The van der Waals surface area contributed by atoms with Crippen molar-refractivity contribution in [3.63, 3.8) is 0 Å². The van der Waals surface area contributed by atoms with E-state index in [4.69, 9.17) is 14.6 Å². The van der Waals surface area contributed by atoms with Gasteiger partial charge in [-0.05, 0) is 83.7 Å². The minimum Gasteiger partial charge on any atom is -0.497 e. The number of aromatic nitrogens is 2. The summed E-state index contributed by atoms with van der Waals surface area (Å²) in [4.78, 5) is 0. The normalized spacial score (nSPS) is 14.1. The molecule has 4 rings (SSSR count). The zero-order chi connectivity index (χ0) is 18.1. The van der Waals surface area contributed by atoms with E-state index >= 15 is 0 Å². The summed E-state index contributed by atoms with van der Waals surface area (Å²) in [5.74, 6) is 1.70. The largest absolute Gasteiger partial charge is 0.497 e. The minimum atomic E-state index is 0.468. The summed E-state index contributed by atoms with van der Waals surface area (Å²) in [6.07, 6.45) is 3.63. The van der Waals surface area contributed by atoms with Gasteiger partial charge in [-0.15, -0.1) is 0 Å². The zero-order valence-electron chi connectivity index (χ0n) is 14.9. The molecule has 0 unspecified atom stereocenters. The number of hydrogen-bond donors (Lipinski definition) is 0. The van der Waals surface area contributed by atoms with Crippen LogP contribution in [0.4, 0.5) is 0 Å². The highest BCUT2D eigenvalue weighted by molar-refractivity contribution is 9.10. The number of rotatable bonds is 5. The maximum absolute atomic E-state index is 5.30. The van der Waals surface area contributed by atoms with E-state index in [2.05, 4.69) is 44.9 Å². The lowest BCUT2D eigenvalue weighted by atomic mass is 9.93. The molecular formula is C21H21BrN2O2. The third-order valence-corrected chi connectivity index (χ3v) is 5.75. The first-order valence-electron chi connectivity index (χ1n) is 8.78. The Balaban J connectivity index is 1.81. The molecule has 0 amide bonds. The maximum Gasteiger partial charge on any atom is 0.118 e. The topological polar surface area (TPSA) is 36.3 Å². The van der Waals surface area contributed by atoms with Gasteiger partial charge < -0.3 is 9.47 Å². The van der Waals surface area contributed by atoms with Crippen molar-refractivity contribution in [3.05, 3.63) is 53.0 Å². The van der Waals surface area contributed by atoms with E-state index in [9.17, 15) is 0 Å². The molecule has 134 valence electrons. The highest BCUT2D eigenvalue weighted by atomic mass is 79.9. The van der Waals surface area contributed by atoms with Gasteiger partial charge in [-0.25, -0.2) is 0 Å². The van der Waals surface area contributed by atoms with Crippen molar-refractivity contribution < 1.29 is 9.47 Å². The first kappa shape index (κ1) is 17.2. The predicted octanol–water partition coefficient (Wildman–Crippen LogP) is 5.72. The molecule has 0 spiro atoms. The van der Waals surface area contributed by atoms with Gasteiger partial charge >= 0.3 is 0 Å². The smallest absolute Gasteiger partial charge is 0.118 e. The standard InChI is InChI=1S/C21H21BrN2O2/c1-25-17-10-6-14(7-11-17)20-19(22)21(24(23-20)16-4-3-5-16)15-8-12-18(26-2)13-9-15/h6-13,16H,3-5H2,1-2H3. The summed E-state index contributed by atoms with van der Waals surface area (Å²) < 4.78 is 13.8. The highest BCUT2D eigenvalue weighted by Crippen LogP contribution is 2.42. The molecule has 4 nitrogen and oxygen atoms in total. The third-order valence-electron chi connectivity index (χ3n) is 5.00. The quantitative estimate of drug-likeness (QED) is 0.537. The second-order valence-corrected chi connectivity index (χ2v) is 7.29. The predicted molar refractivity (Wildman–Crippen MR) is 107 cm³/mol. The van der Waals surface area contributed by atoms with Gasteiger partial charge in [0.2, 0.25) is 0 Å². The summed E-state index contributed by atoms with van der Waals surface area (Å²) in [7, 11) is 3.36. The Morgan fingerprint density at radius 1 is 0.885 bits per heavy atom. The van der Waals surface area contributed by atoms with Crippen molar-refractivity contribution in [3.8, 4) is 34.0 Å². The second kappa shape index (κ2) is 7.16. The highest BCUT2D eigenvalue weighted by Gasteiger charge is 2.27. The molecule has 26 heavy (non-hydrogen) atoms. The zero-order valence-corrected chi connectivity index (χ0v) is 16.5. The summed E-state index contributed by atoms with van der Waals surface area (Å²) in [5.41, 5.74) is 4.30. The summed E-state index contributed by atoms with van der Waals surface area (Å²) in [6.45, 7) is 0. The molecule has 0 atom stereocenters. The molecule has 0 N–H and O–H groups in total. The number of halogens is 1. The summed E-state index contributed by atoms with van der Waals surface area (Å²) in [5, 5.41) is 4.97. The third kappa shape index (κ3) is 3.01. The maximum atomic E-state index is 5.30. The van der Waals surface area contributed by atoms with Crippen molar-refractivity contribution in [1.82, 2.24) is 9.78 Å². The van der Waals surface area contributed by atoms with E-state index in [1.807, 2.05) is 24.3 Å². The first-order chi connectivity index (χ1) is 12.7.